The molecule has 2 aromatic rings. The van der Waals surface area contributed by atoms with Crippen LogP contribution in [0.15, 0.2) is 54.6 Å². The number of rotatable bonds is 6. The lowest BCUT2D eigenvalue weighted by atomic mass is 9.95. The molecule has 1 fully saturated rings. The Morgan fingerprint density at radius 3 is 2.11 bits per heavy atom. The van der Waals surface area contributed by atoms with Gasteiger partial charge in [0.1, 0.15) is 0 Å². The van der Waals surface area contributed by atoms with Gasteiger partial charge in [0.2, 0.25) is 11.8 Å². The lowest BCUT2D eigenvalue weighted by Crippen LogP contribution is -2.31. The zero-order valence-electron chi connectivity index (χ0n) is 15.6. The summed E-state index contributed by atoms with van der Waals surface area (Å²) in [5, 5.41) is 3.10. The molecule has 140 valence electrons. The molecule has 5 heteroatoms. The topological polar surface area (TPSA) is 66.5 Å². The van der Waals surface area contributed by atoms with Crippen LogP contribution in [0, 0.1) is 5.92 Å². The summed E-state index contributed by atoms with van der Waals surface area (Å²) in [4.78, 5) is 37.4. The van der Waals surface area contributed by atoms with Gasteiger partial charge in [-0.1, -0.05) is 56.3 Å². The predicted molar refractivity (Wildman–Crippen MR) is 103 cm³/mol. The van der Waals surface area contributed by atoms with E-state index in [1.54, 1.807) is 24.3 Å². The molecular weight excluding hydrogens is 340 g/mol. The fourth-order valence-electron chi connectivity index (χ4n) is 3.26. The molecule has 2 aromatic carbocycles. The van der Waals surface area contributed by atoms with Crippen LogP contribution in [0.25, 0.3) is 0 Å². The van der Waals surface area contributed by atoms with Crippen molar-refractivity contribution in [1.29, 1.82) is 0 Å². The molecule has 0 saturated carbocycles. The molecule has 0 bridgehead atoms. The maximum Gasteiger partial charge on any atom is 0.251 e. The van der Waals surface area contributed by atoms with Crippen molar-refractivity contribution < 1.29 is 14.4 Å². The molecule has 3 amide bonds. The Morgan fingerprint density at radius 2 is 1.56 bits per heavy atom. The average Bonchev–Trinajstić information content (AvgIpc) is 2.99. The fraction of sp³-hybridized carbons (Fsp3) is 0.318. The Kier molecular flexibility index (Phi) is 5.69. The summed E-state index contributed by atoms with van der Waals surface area (Å²) in [7, 11) is 0. The fourth-order valence-corrected chi connectivity index (χ4v) is 3.26. The summed E-state index contributed by atoms with van der Waals surface area (Å²) in [5.41, 5.74) is 2.46. The standard InChI is InChI=1S/C22H24N2O3/c1-15(2)21(17-6-4-3-5-7-17)23-22(27)18-10-8-16(9-11-18)14-24-19(25)12-13-20(24)26/h3-11,15,21H,12-14H2,1-2H3,(H,23,27). The first-order chi connectivity index (χ1) is 13.0. The number of carbonyl (C=O) groups is 3. The SMILES string of the molecule is CC(C)C(NC(=O)c1ccc(CN2C(=O)CCC2=O)cc1)c1ccccc1. The van der Waals surface area contributed by atoms with Gasteiger partial charge in [-0.3, -0.25) is 19.3 Å². The third-order valence-electron chi connectivity index (χ3n) is 4.82. The van der Waals surface area contributed by atoms with Crippen molar-refractivity contribution in [1.82, 2.24) is 10.2 Å². The number of nitrogens with zero attached hydrogens (tertiary/aromatic N) is 1. The highest BCUT2D eigenvalue weighted by Gasteiger charge is 2.28. The first-order valence-corrected chi connectivity index (χ1v) is 9.23. The molecule has 1 atom stereocenters. The molecule has 1 unspecified atom stereocenters. The van der Waals surface area contributed by atoms with E-state index in [4.69, 9.17) is 0 Å². The van der Waals surface area contributed by atoms with E-state index in [2.05, 4.69) is 19.2 Å². The van der Waals surface area contributed by atoms with Crippen LogP contribution in [0.4, 0.5) is 0 Å². The van der Waals surface area contributed by atoms with Gasteiger partial charge in [-0.25, -0.2) is 0 Å². The second-order valence-corrected chi connectivity index (χ2v) is 7.18. The molecule has 1 saturated heterocycles. The number of nitrogens with one attached hydrogen (secondary N) is 1. The largest absolute Gasteiger partial charge is 0.345 e. The molecule has 27 heavy (non-hydrogen) atoms. The Bertz CT molecular complexity index is 812. The van der Waals surface area contributed by atoms with Gasteiger partial charge >= 0.3 is 0 Å². The van der Waals surface area contributed by atoms with Gasteiger partial charge in [0.25, 0.3) is 5.91 Å². The highest BCUT2D eigenvalue weighted by molar-refractivity contribution is 6.01. The van der Waals surface area contributed by atoms with E-state index in [-0.39, 0.29) is 49.1 Å². The summed E-state index contributed by atoms with van der Waals surface area (Å²) in [6.07, 6.45) is 0.574. The zero-order chi connectivity index (χ0) is 19.4. The molecule has 1 aliphatic heterocycles. The van der Waals surface area contributed by atoms with Gasteiger partial charge in [0, 0.05) is 18.4 Å². The van der Waals surface area contributed by atoms with Gasteiger partial charge < -0.3 is 5.32 Å². The minimum absolute atomic E-state index is 0.0711. The average molecular weight is 364 g/mol. The van der Waals surface area contributed by atoms with Crippen LogP contribution in [0.3, 0.4) is 0 Å². The van der Waals surface area contributed by atoms with Crippen LogP contribution < -0.4 is 5.32 Å². The summed E-state index contributed by atoms with van der Waals surface area (Å²) < 4.78 is 0. The van der Waals surface area contributed by atoms with E-state index in [0.717, 1.165) is 11.1 Å². The molecule has 0 aromatic heterocycles. The van der Waals surface area contributed by atoms with E-state index >= 15 is 0 Å². The Labute approximate surface area is 159 Å². The third-order valence-corrected chi connectivity index (χ3v) is 4.82. The maximum absolute atomic E-state index is 12.7. The number of imide groups is 1. The van der Waals surface area contributed by atoms with Crippen molar-refractivity contribution >= 4 is 17.7 Å². The van der Waals surface area contributed by atoms with E-state index in [1.165, 1.54) is 4.90 Å². The first-order valence-electron chi connectivity index (χ1n) is 9.23. The normalized spacial score (nSPS) is 15.3. The predicted octanol–water partition coefficient (Wildman–Crippen LogP) is 3.46. The number of likely N-dealkylation sites (tertiary alicyclic amines) is 1. The molecule has 1 aliphatic rings. The number of amides is 3. The first kappa shape index (κ1) is 18.8. The van der Waals surface area contributed by atoms with Crippen molar-refractivity contribution in [2.75, 3.05) is 0 Å². The second kappa shape index (κ2) is 8.16. The minimum atomic E-state index is -0.141. The third kappa shape index (κ3) is 4.42. The van der Waals surface area contributed by atoms with E-state index in [0.29, 0.717) is 5.56 Å². The van der Waals surface area contributed by atoms with E-state index in [9.17, 15) is 14.4 Å². The minimum Gasteiger partial charge on any atom is -0.345 e. The molecule has 0 spiro atoms. The van der Waals surface area contributed by atoms with Gasteiger partial charge in [-0.05, 0) is 29.2 Å². The summed E-state index contributed by atoms with van der Waals surface area (Å²) in [6, 6.07) is 16.9. The van der Waals surface area contributed by atoms with Gasteiger partial charge in [-0.2, -0.15) is 0 Å². The molecule has 0 aliphatic carbocycles. The lowest BCUT2D eigenvalue weighted by molar-refractivity contribution is -0.139. The number of carbonyl (C=O) groups excluding carboxylic acids is 3. The van der Waals surface area contributed by atoms with Gasteiger partial charge in [0.15, 0.2) is 0 Å². The molecule has 1 N–H and O–H groups in total. The van der Waals surface area contributed by atoms with E-state index in [1.807, 2.05) is 30.3 Å². The van der Waals surface area contributed by atoms with Crippen LogP contribution in [0.5, 0.6) is 0 Å². The molecular formula is C22H24N2O3. The van der Waals surface area contributed by atoms with Crippen LogP contribution in [-0.2, 0) is 16.1 Å². The summed E-state index contributed by atoms with van der Waals surface area (Å²) in [6.45, 7) is 4.41. The monoisotopic (exact) mass is 364 g/mol. The van der Waals surface area contributed by atoms with Crippen molar-refractivity contribution in [3.05, 3.63) is 71.3 Å². The van der Waals surface area contributed by atoms with E-state index < -0.39 is 0 Å². The number of hydrogen-bond acceptors (Lipinski definition) is 3. The second-order valence-electron chi connectivity index (χ2n) is 7.18. The quantitative estimate of drug-likeness (QED) is 0.798. The van der Waals surface area contributed by atoms with Crippen LogP contribution in [-0.4, -0.2) is 22.6 Å². The zero-order valence-corrected chi connectivity index (χ0v) is 15.6. The smallest absolute Gasteiger partial charge is 0.251 e. The van der Waals surface area contributed by atoms with Crippen molar-refractivity contribution in [3.63, 3.8) is 0 Å². The summed E-state index contributed by atoms with van der Waals surface area (Å²) in [5.74, 6) is -0.158. The highest BCUT2D eigenvalue weighted by atomic mass is 16.2. The van der Waals surface area contributed by atoms with Gasteiger partial charge in [0.05, 0.1) is 12.6 Å². The summed E-state index contributed by atoms with van der Waals surface area (Å²) >= 11 is 0. The van der Waals surface area contributed by atoms with Crippen LogP contribution in [0.1, 0.15) is 54.2 Å². The maximum atomic E-state index is 12.7. The molecule has 5 nitrogen and oxygen atoms in total. The molecule has 0 radical (unpaired) electrons. The molecule has 1 heterocycles. The number of benzene rings is 2. The lowest BCUT2D eigenvalue weighted by Gasteiger charge is -2.23. The van der Waals surface area contributed by atoms with Crippen LogP contribution in [0.2, 0.25) is 0 Å². The Hall–Kier alpha value is -2.95. The number of hydrogen-bond donors (Lipinski definition) is 1. The molecule has 3 rings (SSSR count). The Morgan fingerprint density at radius 1 is 0.963 bits per heavy atom. The van der Waals surface area contributed by atoms with Crippen molar-refractivity contribution in [3.8, 4) is 0 Å². The highest BCUT2D eigenvalue weighted by Crippen LogP contribution is 2.22. The van der Waals surface area contributed by atoms with Crippen molar-refractivity contribution in [2.24, 2.45) is 5.92 Å². The Balaban J connectivity index is 1.68. The van der Waals surface area contributed by atoms with Crippen LogP contribution >= 0.6 is 0 Å². The van der Waals surface area contributed by atoms with Crippen molar-refractivity contribution in [2.45, 2.75) is 39.3 Å². The van der Waals surface area contributed by atoms with Gasteiger partial charge in [-0.15, -0.1) is 0 Å².